The number of carbonyl (C=O) groups excluding carboxylic acids is 4. The van der Waals surface area contributed by atoms with Crippen LogP contribution in [0.25, 0.3) is 0 Å². The molecular formula is C40H44O14. The fourth-order valence-corrected chi connectivity index (χ4v) is 12.5. The number of hydrogen-bond acceptors (Lipinski definition) is 14. The highest BCUT2D eigenvalue weighted by molar-refractivity contribution is 5.90. The molecule has 1 unspecified atom stereocenters. The van der Waals surface area contributed by atoms with Gasteiger partial charge in [0.15, 0.2) is 11.2 Å². The largest absolute Gasteiger partial charge is 0.472 e. The zero-order valence-corrected chi connectivity index (χ0v) is 31.1. The lowest BCUT2D eigenvalue weighted by Crippen LogP contribution is -2.93. The molecule has 14 heteroatoms. The number of furan rings is 1. The van der Waals surface area contributed by atoms with E-state index >= 15 is 0 Å². The van der Waals surface area contributed by atoms with Crippen LogP contribution in [0.5, 0.6) is 0 Å². The Balaban J connectivity index is 1.36. The minimum Gasteiger partial charge on any atom is -0.472 e. The van der Waals surface area contributed by atoms with E-state index in [1.807, 2.05) is 0 Å². The number of ether oxygens (including phenoxy) is 7. The summed E-state index contributed by atoms with van der Waals surface area (Å²) in [7, 11) is 1.25. The van der Waals surface area contributed by atoms with Crippen molar-refractivity contribution in [3.8, 4) is 0 Å². The monoisotopic (exact) mass is 748 g/mol. The Morgan fingerprint density at radius 1 is 1.02 bits per heavy atom. The second kappa shape index (κ2) is 10.6. The molecule has 13 atom stereocenters. The molecule has 7 aliphatic rings. The normalized spacial score (nSPS) is 47.4. The molecule has 2 saturated heterocycles. The van der Waals surface area contributed by atoms with Crippen LogP contribution in [-0.4, -0.2) is 87.9 Å². The lowest BCUT2D eigenvalue weighted by Gasteiger charge is -2.76. The highest BCUT2D eigenvalue weighted by Gasteiger charge is 3.03. The van der Waals surface area contributed by atoms with Gasteiger partial charge in [-0.15, -0.1) is 0 Å². The number of methoxy groups -OCH3 is 1. The molecule has 288 valence electrons. The fourth-order valence-electron chi connectivity index (χ4n) is 12.5. The van der Waals surface area contributed by atoms with E-state index in [1.165, 1.54) is 32.6 Å². The van der Waals surface area contributed by atoms with Crippen molar-refractivity contribution in [2.24, 2.45) is 28.1 Å². The number of cyclic esters (lactones) is 1. The summed E-state index contributed by atoms with van der Waals surface area (Å²) in [6.07, 6.45) is -1.62. The lowest BCUT2D eigenvalue weighted by molar-refractivity contribution is -0.456. The molecule has 0 amide bonds. The summed E-state index contributed by atoms with van der Waals surface area (Å²) < 4.78 is 50.5. The van der Waals surface area contributed by atoms with Gasteiger partial charge in [0.05, 0.1) is 30.6 Å². The third-order valence-electron chi connectivity index (χ3n) is 14.6. The summed E-state index contributed by atoms with van der Waals surface area (Å²) in [6.45, 7) is 10.2. The molecule has 4 bridgehead atoms. The van der Waals surface area contributed by atoms with Gasteiger partial charge in [-0.25, -0.2) is 9.59 Å². The maximum Gasteiger partial charge on any atom is 0.338 e. The van der Waals surface area contributed by atoms with Crippen molar-refractivity contribution in [2.75, 3.05) is 7.11 Å². The second-order valence-electron chi connectivity index (χ2n) is 17.1. The van der Waals surface area contributed by atoms with E-state index in [1.54, 1.807) is 71.0 Å². The van der Waals surface area contributed by atoms with E-state index in [0.717, 1.165) is 0 Å². The van der Waals surface area contributed by atoms with Crippen molar-refractivity contribution in [1.82, 2.24) is 0 Å². The molecular weight excluding hydrogens is 704 g/mol. The molecule has 1 aromatic carbocycles. The Morgan fingerprint density at radius 2 is 1.74 bits per heavy atom. The first-order valence-electron chi connectivity index (χ1n) is 18.3. The molecule has 9 rings (SSSR count). The molecule has 0 radical (unpaired) electrons. The quantitative estimate of drug-likeness (QED) is 0.308. The first-order valence-corrected chi connectivity index (χ1v) is 18.3. The molecule has 2 aromatic rings. The lowest BCUT2D eigenvalue weighted by atomic mass is 9.34. The number of hydrogen-bond donors (Lipinski definition) is 2. The number of carbonyl (C=O) groups is 4. The molecule has 1 aromatic heterocycles. The number of aliphatic hydroxyl groups is 2. The first-order chi connectivity index (χ1) is 25.4. The summed E-state index contributed by atoms with van der Waals surface area (Å²) >= 11 is 0. The minimum absolute atomic E-state index is 0.141. The number of benzene rings is 1. The molecule has 4 aliphatic carbocycles. The van der Waals surface area contributed by atoms with Crippen LogP contribution in [0.15, 0.2) is 65.0 Å². The maximum atomic E-state index is 14.0. The Morgan fingerprint density at radius 3 is 2.37 bits per heavy atom. The minimum atomic E-state index is -2.43. The molecule has 54 heavy (non-hydrogen) atoms. The van der Waals surface area contributed by atoms with Gasteiger partial charge < -0.3 is 47.8 Å². The van der Waals surface area contributed by atoms with Crippen LogP contribution in [0.1, 0.15) is 82.8 Å². The van der Waals surface area contributed by atoms with Gasteiger partial charge in [0, 0.05) is 48.2 Å². The smallest absolute Gasteiger partial charge is 0.338 e. The molecule has 4 saturated carbocycles. The van der Waals surface area contributed by atoms with Crippen molar-refractivity contribution in [2.45, 2.75) is 114 Å². The summed E-state index contributed by atoms with van der Waals surface area (Å²) in [4.78, 5) is 54.5. The first kappa shape index (κ1) is 35.6. The third kappa shape index (κ3) is 3.61. The van der Waals surface area contributed by atoms with Crippen molar-refractivity contribution >= 4 is 23.9 Å². The highest BCUT2D eigenvalue weighted by atomic mass is 17.0. The van der Waals surface area contributed by atoms with Gasteiger partial charge in [0.2, 0.25) is 0 Å². The van der Waals surface area contributed by atoms with Crippen LogP contribution in [0.2, 0.25) is 0 Å². The van der Waals surface area contributed by atoms with E-state index < -0.39 is 105 Å². The molecule has 6 fully saturated rings. The Hall–Kier alpha value is -4.08. The van der Waals surface area contributed by atoms with Gasteiger partial charge in [-0.1, -0.05) is 45.9 Å². The van der Waals surface area contributed by atoms with Crippen molar-refractivity contribution < 1.29 is 67.0 Å². The summed E-state index contributed by atoms with van der Waals surface area (Å²) in [5, 5.41) is 27.3. The Kier molecular flexibility index (Phi) is 6.99. The average Bonchev–Trinajstić information content (AvgIpc) is 3.91. The van der Waals surface area contributed by atoms with Crippen molar-refractivity contribution in [3.63, 3.8) is 0 Å². The second-order valence-corrected chi connectivity index (χ2v) is 17.1. The SMILES string of the molecule is COC(=O)C[C@H]1[C@@]2(C)C[C@]3(O)[C@@](O)([C@H]4OC5(C(C)C)O[C@@]6(C[C@H](OC(C)=O)[C@]7(C)C(=CC(=O)O[C@H]7c7ccoc7)[C@@]46O5)[C@]13C)[C@H]2OC(=O)c1ccccc1. The van der Waals surface area contributed by atoms with Crippen LogP contribution in [-0.2, 0) is 47.5 Å². The van der Waals surface area contributed by atoms with E-state index in [4.69, 9.17) is 37.6 Å². The Bertz CT molecular complexity index is 2010. The van der Waals surface area contributed by atoms with E-state index in [9.17, 15) is 29.4 Å². The topological polar surface area (TPSA) is 186 Å². The van der Waals surface area contributed by atoms with E-state index in [-0.39, 0.29) is 30.4 Å². The van der Waals surface area contributed by atoms with Gasteiger partial charge in [-0.2, -0.15) is 0 Å². The number of rotatable bonds is 7. The third-order valence-corrected chi connectivity index (χ3v) is 14.6. The predicted molar refractivity (Wildman–Crippen MR) is 180 cm³/mol. The van der Waals surface area contributed by atoms with E-state index in [0.29, 0.717) is 5.56 Å². The van der Waals surface area contributed by atoms with Crippen molar-refractivity contribution in [1.29, 1.82) is 0 Å². The molecule has 3 aliphatic heterocycles. The van der Waals surface area contributed by atoms with Crippen LogP contribution < -0.4 is 0 Å². The van der Waals surface area contributed by atoms with E-state index in [2.05, 4.69) is 0 Å². The standard InChI is InChI=1S/C40H44O14/c1-20(2)40-52-32-38(46)31(51-30(44)22-11-9-8-10-12-22)33(4)19-36(38,45)35(6,24(33)15-27(42)47-7)37(53-40)17-26(49-21(3)41)34(5)25(39(32,37)54-40)16-28(43)50-29(34)23-13-14-48-18-23/h8-14,16,18,20,24,26,29,31-32,45-46H,15,17,19H2,1-7H3/t24-,26-,29-,31-,32+,33+,34-,35+,36+,37-,38-,39+,40?/m0/s1. The summed E-state index contributed by atoms with van der Waals surface area (Å²) in [5.74, 6) is -6.11. The molecule has 1 spiro atoms. The van der Waals surface area contributed by atoms with Gasteiger partial charge in [-0.05, 0) is 43.0 Å². The van der Waals surface area contributed by atoms with Gasteiger partial charge in [0.25, 0.3) is 5.97 Å². The van der Waals surface area contributed by atoms with Gasteiger partial charge >= 0.3 is 23.9 Å². The highest BCUT2D eigenvalue weighted by Crippen LogP contribution is 2.88. The average molecular weight is 749 g/mol. The molecule has 2 N–H and O–H groups in total. The van der Waals surface area contributed by atoms with Crippen LogP contribution in [0, 0.1) is 28.1 Å². The molecule has 14 nitrogen and oxygen atoms in total. The summed E-state index contributed by atoms with van der Waals surface area (Å²) in [6, 6.07) is 9.90. The predicted octanol–water partition coefficient (Wildman–Crippen LogP) is 3.69. The number of fused-ring (bicyclic) bond motifs is 4. The van der Waals surface area contributed by atoms with Crippen LogP contribution in [0.4, 0.5) is 0 Å². The fraction of sp³-hybridized carbons (Fsp3) is 0.600. The zero-order chi connectivity index (χ0) is 38.6. The van der Waals surface area contributed by atoms with Crippen LogP contribution >= 0.6 is 0 Å². The van der Waals surface area contributed by atoms with Crippen molar-refractivity contribution in [3.05, 3.63) is 71.7 Å². The van der Waals surface area contributed by atoms with Gasteiger partial charge in [-0.3, -0.25) is 9.59 Å². The summed E-state index contributed by atoms with van der Waals surface area (Å²) in [5.41, 5.74) is -11.7. The number of esters is 4. The molecule has 4 heterocycles. The maximum absolute atomic E-state index is 14.0. The zero-order valence-electron chi connectivity index (χ0n) is 31.1. The van der Waals surface area contributed by atoms with Crippen LogP contribution in [0.3, 0.4) is 0 Å². The van der Waals surface area contributed by atoms with Gasteiger partial charge in [0.1, 0.15) is 35.6 Å². The Labute approximate surface area is 311 Å².